The van der Waals surface area contributed by atoms with E-state index in [2.05, 4.69) is 19.2 Å². The van der Waals surface area contributed by atoms with E-state index in [-0.39, 0.29) is 17.4 Å². The van der Waals surface area contributed by atoms with Gasteiger partial charge in [-0.3, -0.25) is 9.59 Å². The molecule has 2 heterocycles. The summed E-state index contributed by atoms with van der Waals surface area (Å²) in [5.41, 5.74) is -0.158. The summed E-state index contributed by atoms with van der Waals surface area (Å²) in [4.78, 5) is 25.9. The summed E-state index contributed by atoms with van der Waals surface area (Å²) in [6, 6.07) is 0. The Morgan fingerprint density at radius 2 is 2.00 bits per heavy atom. The molecule has 130 valence electrons. The van der Waals surface area contributed by atoms with Gasteiger partial charge in [0.1, 0.15) is 5.60 Å². The maximum atomic E-state index is 12.1. The number of hydrogen-bond acceptors (Lipinski definition) is 3. The molecule has 1 atom stereocenters. The zero-order valence-electron chi connectivity index (χ0n) is 14.5. The van der Waals surface area contributed by atoms with Gasteiger partial charge in [0.25, 0.3) is 0 Å². The molecule has 0 radical (unpaired) electrons. The third-order valence-corrected chi connectivity index (χ3v) is 5.29. The normalized spacial score (nSPS) is 25.7. The van der Waals surface area contributed by atoms with Gasteiger partial charge in [-0.05, 0) is 43.4 Å². The molecule has 2 amide bonds. The van der Waals surface area contributed by atoms with Crippen molar-refractivity contribution in [2.24, 2.45) is 17.8 Å². The summed E-state index contributed by atoms with van der Waals surface area (Å²) in [7, 11) is 0. The standard InChI is InChI=1S/C18H30N2O3/c1-13(2)3-6-17(22)20-11-18(12-20)8-15(10-23-18)7-16(21)19-9-14-4-5-14/h13-15H,3-12H2,1-2H3,(H,19,21). The van der Waals surface area contributed by atoms with Gasteiger partial charge in [-0.25, -0.2) is 0 Å². The van der Waals surface area contributed by atoms with Gasteiger partial charge < -0.3 is 15.0 Å². The van der Waals surface area contributed by atoms with E-state index < -0.39 is 0 Å². The predicted octanol–water partition coefficient (Wildman–Crippen LogP) is 1.96. The first-order valence-electron chi connectivity index (χ1n) is 9.14. The molecule has 1 unspecified atom stereocenters. The van der Waals surface area contributed by atoms with E-state index in [4.69, 9.17) is 4.74 Å². The second-order valence-corrected chi connectivity index (χ2v) is 8.20. The molecule has 1 N–H and O–H groups in total. The van der Waals surface area contributed by atoms with Crippen molar-refractivity contribution in [2.45, 2.75) is 58.0 Å². The molecule has 3 fully saturated rings. The Morgan fingerprint density at radius 1 is 1.26 bits per heavy atom. The number of nitrogens with one attached hydrogen (secondary N) is 1. The molecule has 0 aromatic carbocycles. The monoisotopic (exact) mass is 322 g/mol. The topological polar surface area (TPSA) is 58.6 Å². The minimum atomic E-state index is -0.158. The minimum absolute atomic E-state index is 0.158. The highest BCUT2D eigenvalue weighted by atomic mass is 16.5. The fourth-order valence-corrected chi connectivity index (χ4v) is 3.60. The average molecular weight is 322 g/mol. The van der Waals surface area contributed by atoms with Crippen LogP contribution in [0.3, 0.4) is 0 Å². The van der Waals surface area contributed by atoms with Crippen molar-refractivity contribution in [3.8, 4) is 0 Å². The van der Waals surface area contributed by atoms with E-state index in [1.165, 1.54) is 12.8 Å². The molecule has 23 heavy (non-hydrogen) atoms. The third kappa shape index (κ3) is 4.46. The van der Waals surface area contributed by atoms with Gasteiger partial charge in [-0.15, -0.1) is 0 Å². The van der Waals surface area contributed by atoms with E-state index in [1.54, 1.807) is 0 Å². The van der Waals surface area contributed by atoms with Crippen LogP contribution in [0.5, 0.6) is 0 Å². The van der Waals surface area contributed by atoms with Gasteiger partial charge in [0.15, 0.2) is 0 Å². The lowest BCUT2D eigenvalue weighted by Gasteiger charge is -2.47. The smallest absolute Gasteiger partial charge is 0.222 e. The Hall–Kier alpha value is -1.10. The Bertz CT molecular complexity index is 453. The first kappa shape index (κ1) is 16.7. The Labute approximate surface area is 139 Å². The SMILES string of the molecule is CC(C)CCC(=O)N1CC2(CC(CC(=O)NCC3CC3)CO2)C1. The van der Waals surface area contributed by atoms with Crippen LogP contribution < -0.4 is 5.32 Å². The van der Waals surface area contributed by atoms with Crippen LogP contribution in [0, 0.1) is 17.8 Å². The van der Waals surface area contributed by atoms with Crippen molar-refractivity contribution in [3.05, 3.63) is 0 Å². The number of likely N-dealkylation sites (tertiary alicyclic amines) is 1. The Balaban J connectivity index is 1.35. The first-order chi connectivity index (χ1) is 11.0. The molecule has 0 aromatic heterocycles. The lowest BCUT2D eigenvalue weighted by molar-refractivity contribution is -0.158. The van der Waals surface area contributed by atoms with E-state index in [9.17, 15) is 9.59 Å². The molecular formula is C18H30N2O3. The summed E-state index contributed by atoms with van der Waals surface area (Å²) in [5.74, 6) is 2.00. The van der Waals surface area contributed by atoms with E-state index >= 15 is 0 Å². The number of carbonyl (C=O) groups excluding carboxylic acids is 2. The lowest BCUT2D eigenvalue weighted by atomic mass is 9.85. The first-order valence-corrected chi connectivity index (χ1v) is 9.14. The highest BCUT2D eigenvalue weighted by Crippen LogP contribution is 2.39. The predicted molar refractivity (Wildman–Crippen MR) is 87.8 cm³/mol. The van der Waals surface area contributed by atoms with Gasteiger partial charge in [-0.1, -0.05) is 13.8 Å². The van der Waals surface area contributed by atoms with Crippen LogP contribution in [0.15, 0.2) is 0 Å². The molecule has 2 saturated heterocycles. The molecule has 1 aliphatic carbocycles. The van der Waals surface area contributed by atoms with Gasteiger partial charge in [0.05, 0.1) is 19.7 Å². The molecule has 0 aromatic rings. The second-order valence-electron chi connectivity index (χ2n) is 8.20. The number of rotatable bonds is 7. The number of carbonyl (C=O) groups is 2. The van der Waals surface area contributed by atoms with Crippen molar-refractivity contribution < 1.29 is 14.3 Å². The Kier molecular flexibility index (Phi) is 4.95. The number of ether oxygens (including phenoxy) is 1. The highest BCUT2D eigenvalue weighted by Gasteiger charge is 2.51. The lowest BCUT2D eigenvalue weighted by Crippen LogP contribution is -2.63. The fourth-order valence-electron chi connectivity index (χ4n) is 3.60. The largest absolute Gasteiger partial charge is 0.371 e. The minimum Gasteiger partial charge on any atom is -0.371 e. The fraction of sp³-hybridized carbons (Fsp3) is 0.889. The summed E-state index contributed by atoms with van der Waals surface area (Å²) in [6.07, 6.45) is 5.59. The van der Waals surface area contributed by atoms with Crippen LogP contribution >= 0.6 is 0 Å². The van der Waals surface area contributed by atoms with Crippen molar-refractivity contribution in [1.82, 2.24) is 10.2 Å². The van der Waals surface area contributed by atoms with Crippen LogP contribution in [-0.2, 0) is 14.3 Å². The van der Waals surface area contributed by atoms with Crippen LogP contribution in [0.1, 0.15) is 52.4 Å². The molecule has 5 nitrogen and oxygen atoms in total. The zero-order chi connectivity index (χ0) is 16.4. The van der Waals surface area contributed by atoms with Crippen molar-refractivity contribution in [1.29, 1.82) is 0 Å². The van der Waals surface area contributed by atoms with E-state index in [0.717, 1.165) is 25.3 Å². The van der Waals surface area contributed by atoms with Gasteiger partial charge in [0, 0.05) is 19.4 Å². The summed E-state index contributed by atoms with van der Waals surface area (Å²) >= 11 is 0. The van der Waals surface area contributed by atoms with E-state index in [1.807, 2.05) is 4.90 Å². The van der Waals surface area contributed by atoms with Crippen LogP contribution in [-0.4, -0.2) is 48.6 Å². The zero-order valence-corrected chi connectivity index (χ0v) is 14.5. The van der Waals surface area contributed by atoms with Crippen LogP contribution in [0.25, 0.3) is 0 Å². The van der Waals surface area contributed by atoms with Crippen molar-refractivity contribution in [2.75, 3.05) is 26.2 Å². The quantitative estimate of drug-likeness (QED) is 0.779. The highest BCUT2D eigenvalue weighted by molar-refractivity contribution is 5.77. The molecule has 1 saturated carbocycles. The second kappa shape index (κ2) is 6.80. The maximum absolute atomic E-state index is 12.1. The molecule has 1 spiro atoms. The summed E-state index contributed by atoms with van der Waals surface area (Å²) < 4.78 is 5.96. The van der Waals surface area contributed by atoms with Gasteiger partial charge in [0.2, 0.25) is 11.8 Å². The molecule has 0 bridgehead atoms. The van der Waals surface area contributed by atoms with Crippen molar-refractivity contribution in [3.63, 3.8) is 0 Å². The van der Waals surface area contributed by atoms with Crippen molar-refractivity contribution >= 4 is 11.8 Å². The van der Waals surface area contributed by atoms with Gasteiger partial charge >= 0.3 is 0 Å². The molecule has 3 aliphatic rings. The third-order valence-electron chi connectivity index (χ3n) is 5.29. The maximum Gasteiger partial charge on any atom is 0.222 e. The molecule has 5 heteroatoms. The number of nitrogens with zero attached hydrogens (tertiary/aromatic N) is 1. The number of hydrogen-bond donors (Lipinski definition) is 1. The molecule has 3 rings (SSSR count). The van der Waals surface area contributed by atoms with Gasteiger partial charge in [-0.2, -0.15) is 0 Å². The summed E-state index contributed by atoms with van der Waals surface area (Å²) in [5, 5.41) is 3.03. The molecule has 2 aliphatic heterocycles. The molecular weight excluding hydrogens is 292 g/mol. The van der Waals surface area contributed by atoms with Crippen LogP contribution in [0.4, 0.5) is 0 Å². The average Bonchev–Trinajstić information content (AvgIpc) is 3.20. The van der Waals surface area contributed by atoms with E-state index in [0.29, 0.717) is 44.4 Å². The number of amides is 2. The Morgan fingerprint density at radius 3 is 2.65 bits per heavy atom. The summed E-state index contributed by atoms with van der Waals surface area (Å²) in [6.45, 7) is 7.21. The van der Waals surface area contributed by atoms with Crippen LogP contribution in [0.2, 0.25) is 0 Å².